The van der Waals surface area contributed by atoms with E-state index in [1.165, 1.54) is 0 Å². The molecule has 0 radical (unpaired) electrons. The van der Waals surface area contributed by atoms with Crippen LogP contribution >= 0.6 is 0 Å². The third kappa shape index (κ3) is 4.30. The van der Waals surface area contributed by atoms with Crippen molar-refractivity contribution >= 4 is 11.9 Å². The lowest BCUT2D eigenvalue weighted by molar-refractivity contribution is -0.139. The molecule has 0 aliphatic carbocycles. The lowest BCUT2D eigenvalue weighted by Crippen LogP contribution is -2.48. The topological polar surface area (TPSA) is 60.9 Å². The summed E-state index contributed by atoms with van der Waals surface area (Å²) in [4.78, 5) is 27.4. The van der Waals surface area contributed by atoms with Crippen LogP contribution in [-0.4, -0.2) is 59.0 Å². The highest BCUT2D eigenvalue weighted by Gasteiger charge is 2.34. The molecule has 1 N–H and O–H groups in total. The zero-order chi connectivity index (χ0) is 15.2. The Balaban J connectivity index is 1.80. The van der Waals surface area contributed by atoms with Crippen molar-refractivity contribution in [1.29, 1.82) is 0 Å². The van der Waals surface area contributed by atoms with Gasteiger partial charge in [-0.3, -0.25) is 14.5 Å². The van der Waals surface area contributed by atoms with Crippen molar-refractivity contribution in [2.24, 2.45) is 5.92 Å². The van der Waals surface area contributed by atoms with Crippen LogP contribution in [0.5, 0.6) is 0 Å². The number of carbonyl (C=O) groups is 2. The van der Waals surface area contributed by atoms with Crippen molar-refractivity contribution in [1.82, 2.24) is 9.80 Å². The normalized spacial score (nSPS) is 24.2. The van der Waals surface area contributed by atoms with Gasteiger partial charge in [-0.25, -0.2) is 0 Å². The Morgan fingerprint density at radius 3 is 2.52 bits per heavy atom. The highest BCUT2D eigenvalue weighted by molar-refractivity contribution is 5.82. The standard InChI is InChI=1S/C16H26N2O3/c1-2-9-17-10-3-4-14(17)16(21)18-11-7-13(8-12-18)5-6-15(19)20/h2,13-14H,1,3-12H2,(H,19,20)/t14-/m0/s1. The summed E-state index contributed by atoms with van der Waals surface area (Å²) in [7, 11) is 0. The lowest BCUT2D eigenvalue weighted by Gasteiger charge is -2.35. The van der Waals surface area contributed by atoms with E-state index in [0.717, 1.165) is 58.3 Å². The molecule has 1 amide bonds. The summed E-state index contributed by atoms with van der Waals surface area (Å²) >= 11 is 0. The third-order valence-corrected chi connectivity index (χ3v) is 4.70. The maximum absolute atomic E-state index is 12.6. The van der Waals surface area contributed by atoms with E-state index in [4.69, 9.17) is 5.11 Å². The van der Waals surface area contributed by atoms with E-state index in [1.807, 2.05) is 11.0 Å². The van der Waals surface area contributed by atoms with Crippen molar-refractivity contribution in [3.05, 3.63) is 12.7 Å². The molecule has 1 atom stereocenters. The molecule has 2 fully saturated rings. The largest absolute Gasteiger partial charge is 0.481 e. The highest BCUT2D eigenvalue weighted by Crippen LogP contribution is 2.25. The first-order chi connectivity index (χ1) is 10.1. The Hall–Kier alpha value is -1.36. The van der Waals surface area contributed by atoms with E-state index < -0.39 is 5.97 Å². The molecular weight excluding hydrogens is 268 g/mol. The third-order valence-electron chi connectivity index (χ3n) is 4.70. The summed E-state index contributed by atoms with van der Waals surface area (Å²) in [5.74, 6) is -0.0106. The first kappa shape index (κ1) is 16.0. The van der Waals surface area contributed by atoms with Gasteiger partial charge in [0.15, 0.2) is 0 Å². The minimum atomic E-state index is -0.723. The van der Waals surface area contributed by atoms with E-state index in [-0.39, 0.29) is 18.4 Å². The zero-order valence-corrected chi connectivity index (χ0v) is 12.7. The molecule has 0 spiro atoms. The molecule has 2 heterocycles. The Morgan fingerprint density at radius 2 is 1.90 bits per heavy atom. The van der Waals surface area contributed by atoms with E-state index in [1.54, 1.807) is 0 Å². The van der Waals surface area contributed by atoms with Gasteiger partial charge in [-0.05, 0) is 44.6 Å². The Bertz CT molecular complexity index is 389. The van der Waals surface area contributed by atoms with E-state index in [0.29, 0.717) is 5.92 Å². The number of aliphatic carboxylic acids is 1. The number of rotatable bonds is 6. The molecule has 0 aromatic carbocycles. The number of hydrogen-bond donors (Lipinski definition) is 1. The molecule has 2 saturated heterocycles. The van der Waals surface area contributed by atoms with Gasteiger partial charge < -0.3 is 10.0 Å². The van der Waals surface area contributed by atoms with Gasteiger partial charge in [-0.1, -0.05) is 6.08 Å². The predicted molar refractivity (Wildman–Crippen MR) is 81.0 cm³/mol. The molecular formula is C16H26N2O3. The van der Waals surface area contributed by atoms with Gasteiger partial charge in [-0.2, -0.15) is 0 Å². The number of likely N-dealkylation sites (tertiary alicyclic amines) is 2. The van der Waals surface area contributed by atoms with Crippen LogP contribution in [0.15, 0.2) is 12.7 Å². The first-order valence-electron chi connectivity index (χ1n) is 7.97. The molecule has 118 valence electrons. The van der Waals surface area contributed by atoms with Gasteiger partial charge >= 0.3 is 5.97 Å². The van der Waals surface area contributed by atoms with Crippen LogP contribution in [-0.2, 0) is 9.59 Å². The van der Waals surface area contributed by atoms with Crippen LogP contribution in [0.4, 0.5) is 0 Å². The average molecular weight is 294 g/mol. The van der Waals surface area contributed by atoms with Gasteiger partial charge in [-0.15, -0.1) is 6.58 Å². The summed E-state index contributed by atoms with van der Waals surface area (Å²) in [5.41, 5.74) is 0. The van der Waals surface area contributed by atoms with Gasteiger partial charge in [0, 0.05) is 26.1 Å². The summed E-state index contributed by atoms with van der Waals surface area (Å²) < 4.78 is 0. The van der Waals surface area contributed by atoms with Crippen molar-refractivity contribution in [2.45, 2.75) is 44.6 Å². The number of piperidine rings is 1. The van der Waals surface area contributed by atoms with E-state index in [9.17, 15) is 9.59 Å². The second-order valence-corrected chi connectivity index (χ2v) is 6.14. The summed E-state index contributed by atoms with van der Waals surface area (Å²) in [6.45, 7) is 7.09. The van der Waals surface area contributed by atoms with Gasteiger partial charge in [0.05, 0.1) is 6.04 Å². The maximum atomic E-state index is 12.6. The van der Waals surface area contributed by atoms with Crippen molar-refractivity contribution in [3.8, 4) is 0 Å². The molecule has 0 aromatic heterocycles. The first-order valence-corrected chi connectivity index (χ1v) is 7.97. The molecule has 2 aliphatic rings. The summed E-state index contributed by atoms with van der Waals surface area (Å²) in [6, 6.07) is 0.0265. The van der Waals surface area contributed by atoms with Crippen LogP contribution < -0.4 is 0 Å². The van der Waals surface area contributed by atoms with Crippen LogP contribution in [0.2, 0.25) is 0 Å². The van der Waals surface area contributed by atoms with Crippen LogP contribution in [0.1, 0.15) is 38.5 Å². The minimum absolute atomic E-state index is 0.0265. The maximum Gasteiger partial charge on any atom is 0.303 e. The average Bonchev–Trinajstić information content (AvgIpc) is 2.93. The number of nitrogens with zero attached hydrogens (tertiary/aromatic N) is 2. The Labute approximate surface area is 126 Å². The molecule has 21 heavy (non-hydrogen) atoms. The summed E-state index contributed by atoms with van der Waals surface area (Å²) in [6.07, 6.45) is 6.76. The fourth-order valence-corrected chi connectivity index (χ4v) is 3.47. The van der Waals surface area contributed by atoms with E-state index >= 15 is 0 Å². The van der Waals surface area contributed by atoms with Crippen LogP contribution in [0, 0.1) is 5.92 Å². The number of hydrogen-bond acceptors (Lipinski definition) is 3. The molecule has 5 heteroatoms. The quantitative estimate of drug-likeness (QED) is 0.758. The fourth-order valence-electron chi connectivity index (χ4n) is 3.47. The Kier molecular flexibility index (Phi) is 5.79. The van der Waals surface area contributed by atoms with Crippen LogP contribution in [0.3, 0.4) is 0 Å². The lowest BCUT2D eigenvalue weighted by atomic mass is 9.92. The predicted octanol–water partition coefficient (Wildman–Crippen LogP) is 1.74. The molecule has 0 saturated carbocycles. The molecule has 2 rings (SSSR count). The van der Waals surface area contributed by atoms with Gasteiger partial charge in [0.2, 0.25) is 5.91 Å². The second-order valence-electron chi connectivity index (χ2n) is 6.14. The van der Waals surface area contributed by atoms with Crippen molar-refractivity contribution in [3.63, 3.8) is 0 Å². The SMILES string of the molecule is C=CCN1CCC[C@H]1C(=O)N1CCC(CCC(=O)O)CC1. The van der Waals surface area contributed by atoms with Crippen molar-refractivity contribution < 1.29 is 14.7 Å². The fraction of sp³-hybridized carbons (Fsp3) is 0.750. The summed E-state index contributed by atoms with van der Waals surface area (Å²) in [5, 5.41) is 8.73. The van der Waals surface area contributed by atoms with Crippen LogP contribution in [0.25, 0.3) is 0 Å². The van der Waals surface area contributed by atoms with E-state index in [2.05, 4.69) is 11.5 Å². The number of carboxylic acid groups (broad SMARTS) is 1. The second kappa shape index (κ2) is 7.59. The number of amides is 1. The molecule has 0 aromatic rings. The molecule has 5 nitrogen and oxygen atoms in total. The smallest absolute Gasteiger partial charge is 0.303 e. The number of carbonyl (C=O) groups excluding carboxylic acids is 1. The molecule has 0 bridgehead atoms. The van der Waals surface area contributed by atoms with Gasteiger partial charge in [0.1, 0.15) is 0 Å². The molecule has 2 aliphatic heterocycles. The Morgan fingerprint density at radius 1 is 1.19 bits per heavy atom. The monoisotopic (exact) mass is 294 g/mol. The van der Waals surface area contributed by atoms with Gasteiger partial charge in [0.25, 0.3) is 0 Å². The zero-order valence-electron chi connectivity index (χ0n) is 12.7. The molecule has 0 unspecified atom stereocenters. The number of carboxylic acids is 1. The van der Waals surface area contributed by atoms with Crippen molar-refractivity contribution in [2.75, 3.05) is 26.2 Å². The highest BCUT2D eigenvalue weighted by atomic mass is 16.4. The minimum Gasteiger partial charge on any atom is -0.481 e.